The molecule has 4 aromatic carbocycles. The summed E-state index contributed by atoms with van der Waals surface area (Å²) in [7, 11) is 2.94. The molecule has 4 rings (SSSR count). The van der Waals surface area contributed by atoms with Gasteiger partial charge in [-0.3, -0.25) is 0 Å². The molecule has 0 saturated carbocycles. The van der Waals surface area contributed by atoms with E-state index in [1.165, 1.54) is 38.5 Å². The Bertz CT molecular complexity index is 1790. The van der Waals surface area contributed by atoms with Gasteiger partial charge in [0.25, 0.3) is 0 Å². The molecule has 12 nitrogen and oxygen atoms in total. The number of carbonyl (C=O) groups excluding carboxylic acids is 4. The lowest BCUT2D eigenvalue weighted by atomic mass is 10.1. The van der Waals surface area contributed by atoms with Gasteiger partial charge in [-0.15, -0.1) is 13.2 Å². The minimum atomic E-state index is -0.745. The maximum atomic E-state index is 13.0. The largest absolute Gasteiger partial charge is 0.493 e. The maximum Gasteiger partial charge on any atom is 0.344 e. The van der Waals surface area contributed by atoms with Crippen molar-refractivity contribution in [2.24, 2.45) is 0 Å². The zero-order valence-corrected chi connectivity index (χ0v) is 30.2. The van der Waals surface area contributed by atoms with Crippen molar-refractivity contribution in [2.75, 3.05) is 53.9 Å². The van der Waals surface area contributed by atoms with Gasteiger partial charge in [-0.05, 0) is 72.5 Å². The summed E-state index contributed by atoms with van der Waals surface area (Å²) in [6.45, 7) is 7.78. The molecule has 0 saturated heterocycles. The zero-order valence-electron chi connectivity index (χ0n) is 30.2. The number of esters is 4. The molecule has 0 aliphatic rings. The van der Waals surface area contributed by atoms with E-state index >= 15 is 0 Å². The van der Waals surface area contributed by atoms with Crippen molar-refractivity contribution in [3.8, 4) is 23.0 Å². The first kappa shape index (κ1) is 40.5. The molecule has 0 aliphatic heterocycles. The van der Waals surface area contributed by atoms with Gasteiger partial charge in [0, 0.05) is 0 Å². The summed E-state index contributed by atoms with van der Waals surface area (Å²) in [4.78, 5) is 51.6. The van der Waals surface area contributed by atoms with Gasteiger partial charge in [-0.2, -0.15) is 0 Å². The van der Waals surface area contributed by atoms with Crippen molar-refractivity contribution in [3.63, 3.8) is 0 Å². The Morgan fingerprint density at radius 2 is 0.833 bits per heavy atom. The van der Waals surface area contributed by atoms with Crippen LogP contribution in [-0.2, 0) is 31.8 Å². The van der Waals surface area contributed by atoms with Crippen LogP contribution >= 0.6 is 0 Å². The SMILES string of the molecule is C=CCc1ccc(OC(=O)c2ccccc2C(=O)OCCOCCOCCOC(=O)c2ccccc2C(=O)Oc2ccc(CC=C)cc2OC)c(OC)c1. The second-order valence-corrected chi connectivity index (χ2v) is 11.3. The summed E-state index contributed by atoms with van der Waals surface area (Å²) < 4.78 is 43.4. The first-order chi connectivity index (χ1) is 26.3. The van der Waals surface area contributed by atoms with Crippen molar-refractivity contribution in [3.05, 3.63) is 144 Å². The maximum absolute atomic E-state index is 13.0. The number of allylic oxidation sites excluding steroid dienone is 2. The van der Waals surface area contributed by atoms with E-state index in [2.05, 4.69) is 13.2 Å². The lowest BCUT2D eigenvalue weighted by molar-refractivity contribution is 0.00220. The Balaban J connectivity index is 1.15. The van der Waals surface area contributed by atoms with Crippen LogP contribution in [0.3, 0.4) is 0 Å². The smallest absolute Gasteiger partial charge is 0.344 e. The Morgan fingerprint density at radius 1 is 0.481 bits per heavy atom. The molecule has 12 heteroatoms. The standard InChI is InChI=1S/C42H42O12/c1-5-11-29-17-19-35(37(27-29)47-3)53-41(45)33-15-9-7-13-31(33)39(43)51-25-23-49-21-22-50-24-26-52-40(44)32-14-8-10-16-34(32)42(46)54-36-20-18-30(12-6-2)28-38(36)48-4/h5-10,13-20,27-28H,1-2,11-12,21-26H2,3-4H3. The molecule has 0 aliphatic carbocycles. The third-order valence-electron chi connectivity index (χ3n) is 7.65. The first-order valence-electron chi connectivity index (χ1n) is 17.0. The van der Waals surface area contributed by atoms with Crippen LogP contribution in [0, 0.1) is 0 Å². The Hall–Kier alpha value is -6.24. The number of hydrogen-bond donors (Lipinski definition) is 0. The number of rotatable bonds is 21. The van der Waals surface area contributed by atoms with Crippen molar-refractivity contribution >= 4 is 23.9 Å². The highest BCUT2D eigenvalue weighted by Crippen LogP contribution is 2.31. The fraction of sp³-hybridized carbons (Fsp3) is 0.238. The first-order valence-corrected chi connectivity index (χ1v) is 17.0. The fourth-order valence-electron chi connectivity index (χ4n) is 5.03. The second kappa shape index (κ2) is 21.3. The normalized spacial score (nSPS) is 10.5. The summed E-state index contributed by atoms with van der Waals surface area (Å²) in [5, 5.41) is 0. The van der Waals surface area contributed by atoms with Gasteiger partial charge in [0.05, 0.1) is 62.9 Å². The summed E-state index contributed by atoms with van der Waals surface area (Å²) in [5.41, 5.74) is 2.01. The van der Waals surface area contributed by atoms with E-state index in [0.29, 0.717) is 24.3 Å². The molecule has 0 aromatic heterocycles. The number of benzene rings is 4. The molecule has 0 bridgehead atoms. The summed E-state index contributed by atoms with van der Waals surface area (Å²) in [5.74, 6) is -1.77. The monoisotopic (exact) mass is 738 g/mol. The van der Waals surface area contributed by atoms with E-state index in [1.54, 1.807) is 72.8 Å². The lowest BCUT2D eigenvalue weighted by Gasteiger charge is -2.13. The predicted octanol–water partition coefficient (Wildman–Crippen LogP) is 6.65. The van der Waals surface area contributed by atoms with Gasteiger partial charge < -0.3 is 37.9 Å². The Labute approximate surface area is 313 Å². The summed E-state index contributed by atoms with van der Waals surface area (Å²) >= 11 is 0. The highest BCUT2D eigenvalue weighted by Gasteiger charge is 2.22. The summed E-state index contributed by atoms with van der Waals surface area (Å²) in [6.07, 6.45) is 4.74. The molecule has 4 aromatic rings. The van der Waals surface area contributed by atoms with Crippen LogP contribution in [0.1, 0.15) is 52.6 Å². The minimum absolute atomic E-state index is 0.0316. The Morgan fingerprint density at radius 3 is 1.19 bits per heavy atom. The number of ether oxygens (including phenoxy) is 8. The number of carbonyl (C=O) groups is 4. The highest BCUT2D eigenvalue weighted by atomic mass is 16.6. The molecule has 0 amide bonds. The highest BCUT2D eigenvalue weighted by molar-refractivity contribution is 6.04. The van der Waals surface area contributed by atoms with Crippen molar-refractivity contribution < 1.29 is 57.1 Å². The van der Waals surface area contributed by atoms with Crippen LogP contribution in [0.5, 0.6) is 23.0 Å². The van der Waals surface area contributed by atoms with Gasteiger partial charge in [-0.1, -0.05) is 48.6 Å². The molecule has 54 heavy (non-hydrogen) atoms. The zero-order chi connectivity index (χ0) is 38.7. The van der Waals surface area contributed by atoms with E-state index in [9.17, 15) is 19.2 Å². The van der Waals surface area contributed by atoms with Crippen LogP contribution in [-0.4, -0.2) is 77.7 Å². The van der Waals surface area contributed by atoms with Crippen LogP contribution in [0.4, 0.5) is 0 Å². The number of methoxy groups -OCH3 is 2. The quantitative estimate of drug-likeness (QED) is 0.0391. The third-order valence-corrected chi connectivity index (χ3v) is 7.65. The second-order valence-electron chi connectivity index (χ2n) is 11.3. The van der Waals surface area contributed by atoms with Crippen LogP contribution in [0.2, 0.25) is 0 Å². The van der Waals surface area contributed by atoms with Gasteiger partial charge in [0.2, 0.25) is 0 Å². The van der Waals surface area contributed by atoms with E-state index in [-0.39, 0.29) is 73.4 Å². The van der Waals surface area contributed by atoms with Crippen molar-refractivity contribution in [1.82, 2.24) is 0 Å². The lowest BCUT2D eigenvalue weighted by Crippen LogP contribution is -2.19. The fourth-order valence-corrected chi connectivity index (χ4v) is 5.03. The topological polar surface area (TPSA) is 142 Å². The summed E-state index contributed by atoms with van der Waals surface area (Å²) in [6, 6.07) is 22.7. The molecule has 0 atom stereocenters. The average molecular weight is 739 g/mol. The van der Waals surface area contributed by atoms with Crippen LogP contribution in [0.15, 0.2) is 110 Å². The van der Waals surface area contributed by atoms with E-state index < -0.39 is 23.9 Å². The van der Waals surface area contributed by atoms with E-state index in [1.807, 2.05) is 0 Å². The third kappa shape index (κ3) is 11.6. The molecular weight excluding hydrogens is 696 g/mol. The van der Waals surface area contributed by atoms with Gasteiger partial charge in [-0.25, -0.2) is 19.2 Å². The molecule has 0 unspecified atom stereocenters. The molecular formula is C42H42O12. The molecule has 0 radical (unpaired) electrons. The predicted molar refractivity (Wildman–Crippen MR) is 199 cm³/mol. The van der Waals surface area contributed by atoms with Crippen LogP contribution in [0.25, 0.3) is 0 Å². The van der Waals surface area contributed by atoms with Gasteiger partial charge in [0.1, 0.15) is 13.2 Å². The molecule has 282 valence electrons. The average Bonchev–Trinajstić information content (AvgIpc) is 3.19. The van der Waals surface area contributed by atoms with Crippen molar-refractivity contribution in [1.29, 1.82) is 0 Å². The van der Waals surface area contributed by atoms with Gasteiger partial charge >= 0.3 is 23.9 Å². The van der Waals surface area contributed by atoms with E-state index in [0.717, 1.165) is 11.1 Å². The molecule has 0 heterocycles. The Kier molecular flexibility index (Phi) is 16.0. The minimum Gasteiger partial charge on any atom is -0.493 e. The van der Waals surface area contributed by atoms with Crippen LogP contribution < -0.4 is 18.9 Å². The molecule has 0 spiro atoms. The van der Waals surface area contributed by atoms with E-state index in [4.69, 9.17) is 37.9 Å². The number of hydrogen-bond acceptors (Lipinski definition) is 12. The van der Waals surface area contributed by atoms with Gasteiger partial charge in [0.15, 0.2) is 23.0 Å². The van der Waals surface area contributed by atoms with Crippen molar-refractivity contribution in [2.45, 2.75) is 12.8 Å². The molecule has 0 N–H and O–H groups in total. The molecule has 0 fully saturated rings.